The molecule has 2 aliphatic rings. The molecule has 0 aromatic heterocycles. The first-order valence-corrected chi connectivity index (χ1v) is 10.4. The molecule has 1 unspecified atom stereocenters. The van der Waals surface area contributed by atoms with Crippen LogP contribution in [0.1, 0.15) is 22.0 Å². The number of hydrogen-bond donors (Lipinski definition) is 1. The van der Waals surface area contributed by atoms with Crippen LogP contribution in [0, 0.1) is 0 Å². The molecular formula is C22H25ClN2O5. The van der Waals surface area contributed by atoms with Crippen molar-refractivity contribution < 1.29 is 23.7 Å². The van der Waals surface area contributed by atoms with Gasteiger partial charge in [0, 0.05) is 30.2 Å². The molecule has 0 aliphatic carbocycles. The summed E-state index contributed by atoms with van der Waals surface area (Å²) >= 11 is 6.06. The van der Waals surface area contributed by atoms with Gasteiger partial charge in [0.1, 0.15) is 13.2 Å². The fourth-order valence-corrected chi connectivity index (χ4v) is 3.85. The predicted octanol–water partition coefficient (Wildman–Crippen LogP) is 2.92. The summed E-state index contributed by atoms with van der Waals surface area (Å²) in [5, 5.41) is 3.75. The van der Waals surface area contributed by atoms with Gasteiger partial charge < -0.3 is 24.3 Å². The number of amides is 1. The summed E-state index contributed by atoms with van der Waals surface area (Å²) in [5.41, 5.74) is 1.56. The van der Waals surface area contributed by atoms with E-state index in [1.807, 2.05) is 24.3 Å². The highest BCUT2D eigenvalue weighted by molar-refractivity contribution is 6.30. The zero-order chi connectivity index (χ0) is 20.9. The highest BCUT2D eigenvalue weighted by atomic mass is 35.5. The molecule has 2 aliphatic heterocycles. The van der Waals surface area contributed by atoms with E-state index < -0.39 is 0 Å². The van der Waals surface area contributed by atoms with E-state index in [1.54, 1.807) is 19.2 Å². The van der Waals surface area contributed by atoms with E-state index in [9.17, 15) is 4.79 Å². The molecule has 7 nitrogen and oxygen atoms in total. The Balaban J connectivity index is 1.51. The molecule has 2 aromatic rings. The van der Waals surface area contributed by atoms with Crippen molar-refractivity contribution in [2.75, 3.05) is 53.2 Å². The van der Waals surface area contributed by atoms with E-state index in [-0.39, 0.29) is 11.9 Å². The largest absolute Gasteiger partial charge is 0.493 e. The lowest BCUT2D eigenvalue weighted by Gasteiger charge is -2.35. The number of nitrogens with one attached hydrogen (secondary N) is 1. The number of rotatable bonds is 6. The van der Waals surface area contributed by atoms with Crippen molar-refractivity contribution in [2.45, 2.75) is 6.04 Å². The Morgan fingerprint density at radius 3 is 2.60 bits per heavy atom. The van der Waals surface area contributed by atoms with Gasteiger partial charge in [-0.1, -0.05) is 23.7 Å². The lowest BCUT2D eigenvalue weighted by atomic mass is 10.0. The number of halogens is 1. The van der Waals surface area contributed by atoms with Crippen molar-refractivity contribution in [3.63, 3.8) is 0 Å². The fraction of sp³-hybridized carbons (Fsp3) is 0.409. The van der Waals surface area contributed by atoms with E-state index in [0.717, 1.165) is 18.7 Å². The van der Waals surface area contributed by atoms with Gasteiger partial charge in [-0.25, -0.2) is 0 Å². The molecule has 160 valence electrons. The molecule has 0 spiro atoms. The van der Waals surface area contributed by atoms with Crippen LogP contribution in [-0.2, 0) is 4.74 Å². The minimum absolute atomic E-state index is 0.0224. The second-order valence-electron chi connectivity index (χ2n) is 7.13. The number of ether oxygens (including phenoxy) is 4. The standard InChI is InChI=1S/C22H25ClN2O5/c1-27-19-12-16(13-20-21(19)30-11-10-29-20)22(26)24-14-18(25-6-8-28-9-7-25)15-2-4-17(23)5-3-15/h2-5,12-13,18H,6-11,14H2,1H3,(H,24,26). The lowest BCUT2D eigenvalue weighted by molar-refractivity contribution is 0.0162. The molecule has 2 heterocycles. The first kappa shape index (κ1) is 20.8. The van der Waals surface area contributed by atoms with Crippen LogP contribution in [-0.4, -0.2) is 64.0 Å². The van der Waals surface area contributed by atoms with Crippen molar-refractivity contribution >= 4 is 17.5 Å². The molecule has 0 radical (unpaired) electrons. The Labute approximate surface area is 180 Å². The van der Waals surface area contributed by atoms with Crippen LogP contribution in [0.25, 0.3) is 0 Å². The average Bonchev–Trinajstić information content (AvgIpc) is 2.80. The van der Waals surface area contributed by atoms with Crippen LogP contribution in [0.4, 0.5) is 0 Å². The summed E-state index contributed by atoms with van der Waals surface area (Å²) in [6.07, 6.45) is 0. The number of hydrogen-bond acceptors (Lipinski definition) is 6. The molecule has 1 amide bonds. The summed E-state index contributed by atoms with van der Waals surface area (Å²) < 4.78 is 22.1. The van der Waals surface area contributed by atoms with Crippen molar-refractivity contribution in [3.8, 4) is 17.2 Å². The topological polar surface area (TPSA) is 69.3 Å². The van der Waals surface area contributed by atoms with Gasteiger partial charge in [0.2, 0.25) is 5.75 Å². The zero-order valence-corrected chi connectivity index (χ0v) is 17.6. The molecule has 8 heteroatoms. The van der Waals surface area contributed by atoms with Gasteiger partial charge in [0.25, 0.3) is 5.91 Å². The Morgan fingerprint density at radius 1 is 1.13 bits per heavy atom. The number of morpholine rings is 1. The van der Waals surface area contributed by atoms with Crippen molar-refractivity contribution in [3.05, 3.63) is 52.5 Å². The maximum atomic E-state index is 12.9. The lowest BCUT2D eigenvalue weighted by Crippen LogP contribution is -2.43. The van der Waals surface area contributed by atoms with E-state index in [2.05, 4.69) is 10.2 Å². The van der Waals surface area contributed by atoms with Gasteiger partial charge in [0.05, 0.1) is 26.4 Å². The molecule has 1 saturated heterocycles. The maximum Gasteiger partial charge on any atom is 0.251 e. The van der Waals surface area contributed by atoms with E-state index in [0.29, 0.717) is 60.8 Å². The quantitative estimate of drug-likeness (QED) is 0.757. The van der Waals surface area contributed by atoms with E-state index in [4.69, 9.17) is 30.5 Å². The molecule has 1 atom stereocenters. The van der Waals surface area contributed by atoms with Gasteiger partial charge in [-0.3, -0.25) is 9.69 Å². The molecule has 1 fully saturated rings. The number of carbonyl (C=O) groups is 1. The molecule has 0 bridgehead atoms. The first-order valence-electron chi connectivity index (χ1n) is 9.99. The highest BCUT2D eigenvalue weighted by Gasteiger charge is 2.25. The fourth-order valence-electron chi connectivity index (χ4n) is 3.73. The SMILES string of the molecule is COc1cc(C(=O)NCC(c2ccc(Cl)cc2)N2CCOCC2)cc2c1OCCO2. The third kappa shape index (κ3) is 4.64. The van der Waals surface area contributed by atoms with Crippen molar-refractivity contribution in [1.29, 1.82) is 0 Å². The minimum Gasteiger partial charge on any atom is -0.493 e. The van der Waals surface area contributed by atoms with Gasteiger partial charge in [0.15, 0.2) is 11.5 Å². The number of fused-ring (bicyclic) bond motifs is 1. The Hall–Kier alpha value is -2.48. The van der Waals surface area contributed by atoms with Crippen LogP contribution < -0.4 is 19.5 Å². The summed E-state index contributed by atoms with van der Waals surface area (Å²) in [6, 6.07) is 11.1. The maximum absolute atomic E-state index is 12.9. The van der Waals surface area contributed by atoms with E-state index >= 15 is 0 Å². The van der Waals surface area contributed by atoms with E-state index in [1.165, 1.54) is 0 Å². The van der Waals surface area contributed by atoms with Gasteiger partial charge in [-0.2, -0.15) is 0 Å². The number of benzene rings is 2. The molecule has 2 aromatic carbocycles. The van der Waals surface area contributed by atoms with Crippen molar-refractivity contribution in [1.82, 2.24) is 10.2 Å². The van der Waals surface area contributed by atoms with Crippen molar-refractivity contribution in [2.24, 2.45) is 0 Å². The average molecular weight is 433 g/mol. The minimum atomic E-state index is -0.197. The summed E-state index contributed by atoms with van der Waals surface area (Å²) in [5.74, 6) is 1.35. The third-order valence-corrected chi connectivity index (χ3v) is 5.54. The third-order valence-electron chi connectivity index (χ3n) is 5.29. The molecule has 0 saturated carbocycles. The van der Waals surface area contributed by atoms with Gasteiger partial charge >= 0.3 is 0 Å². The summed E-state index contributed by atoms with van der Waals surface area (Å²) in [7, 11) is 1.55. The zero-order valence-electron chi connectivity index (χ0n) is 16.9. The van der Waals surface area contributed by atoms with Crippen LogP contribution in [0.3, 0.4) is 0 Å². The predicted molar refractivity (Wildman–Crippen MR) is 113 cm³/mol. The Bertz CT molecular complexity index is 867. The normalized spacial score (nSPS) is 17.3. The summed E-state index contributed by atoms with van der Waals surface area (Å²) in [4.78, 5) is 15.3. The number of methoxy groups -OCH3 is 1. The second-order valence-corrected chi connectivity index (χ2v) is 7.56. The Morgan fingerprint density at radius 2 is 1.87 bits per heavy atom. The van der Waals surface area contributed by atoms with Gasteiger partial charge in [-0.15, -0.1) is 0 Å². The summed E-state index contributed by atoms with van der Waals surface area (Å²) in [6.45, 7) is 4.32. The highest BCUT2D eigenvalue weighted by Crippen LogP contribution is 2.40. The van der Waals surface area contributed by atoms with Crippen LogP contribution in [0.5, 0.6) is 17.2 Å². The van der Waals surface area contributed by atoms with Crippen LogP contribution >= 0.6 is 11.6 Å². The second kappa shape index (κ2) is 9.55. The van der Waals surface area contributed by atoms with Crippen LogP contribution in [0.15, 0.2) is 36.4 Å². The monoisotopic (exact) mass is 432 g/mol. The first-order chi connectivity index (χ1) is 14.7. The molecule has 30 heavy (non-hydrogen) atoms. The number of carbonyl (C=O) groups excluding carboxylic acids is 1. The van der Waals surface area contributed by atoms with Crippen LogP contribution in [0.2, 0.25) is 5.02 Å². The van der Waals surface area contributed by atoms with Gasteiger partial charge in [-0.05, 0) is 29.8 Å². The number of nitrogens with zero attached hydrogens (tertiary/aromatic N) is 1. The Kier molecular flexibility index (Phi) is 6.62. The smallest absolute Gasteiger partial charge is 0.251 e. The molecule has 1 N–H and O–H groups in total. The molecular weight excluding hydrogens is 408 g/mol. The molecule has 4 rings (SSSR count).